The lowest BCUT2D eigenvalue weighted by Crippen LogP contribution is -2.08. The van der Waals surface area contributed by atoms with Crippen LogP contribution in [0.15, 0.2) is 22.8 Å². The standard InChI is InChI=1S/C10H13BrClNO/c1-14-7-9(12)3-5-10-4-2-8(11)6-13-10/h2,4,6,9H,3,5,7H2,1H3. The molecule has 0 aliphatic heterocycles. The summed E-state index contributed by atoms with van der Waals surface area (Å²) in [7, 11) is 1.66. The van der Waals surface area contributed by atoms with Crippen molar-refractivity contribution in [2.24, 2.45) is 0 Å². The van der Waals surface area contributed by atoms with Crippen molar-refractivity contribution >= 4 is 27.5 Å². The van der Waals surface area contributed by atoms with Gasteiger partial charge in [-0.15, -0.1) is 11.6 Å². The van der Waals surface area contributed by atoms with Crippen molar-refractivity contribution in [1.29, 1.82) is 0 Å². The van der Waals surface area contributed by atoms with Crippen LogP contribution in [0, 0.1) is 0 Å². The Hall–Kier alpha value is -0.120. The zero-order valence-corrected chi connectivity index (χ0v) is 10.4. The molecule has 1 heterocycles. The number of hydrogen-bond acceptors (Lipinski definition) is 2. The molecule has 1 rings (SSSR count). The fourth-order valence-electron chi connectivity index (χ4n) is 1.12. The molecule has 4 heteroatoms. The second kappa shape index (κ2) is 6.38. The summed E-state index contributed by atoms with van der Waals surface area (Å²) in [6.45, 7) is 0.595. The third kappa shape index (κ3) is 4.40. The number of pyridine rings is 1. The quantitative estimate of drug-likeness (QED) is 0.773. The Balaban J connectivity index is 2.34. The van der Waals surface area contributed by atoms with Gasteiger partial charge in [0.15, 0.2) is 0 Å². The van der Waals surface area contributed by atoms with Crippen molar-refractivity contribution < 1.29 is 4.74 Å². The third-order valence-corrected chi connectivity index (χ3v) is 2.66. The maximum Gasteiger partial charge on any atom is 0.0626 e. The lowest BCUT2D eigenvalue weighted by molar-refractivity contribution is 0.195. The summed E-state index contributed by atoms with van der Waals surface area (Å²) in [5.41, 5.74) is 1.06. The number of aromatic nitrogens is 1. The molecule has 1 unspecified atom stereocenters. The smallest absolute Gasteiger partial charge is 0.0626 e. The molecule has 0 fully saturated rings. The van der Waals surface area contributed by atoms with E-state index in [1.165, 1.54) is 0 Å². The molecule has 0 radical (unpaired) electrons. The third-order valence-electron chi connectivity index (χ3n) is 1.85. The van der Waals surface area contributed by atoms with Gasteiger partial charge in [-0.3, -0.25) is 4.98 Å². The van der Waals surface area contributed by atoms with E-state index in [2.05, 4.69) is 20.9 Å². The van der Waals surface area contributed by atoms with Crippen molar-refractivity contribution in [3.8, 4) is 0 Å². The van der Waals surface area contributed by atoms with Gasteiger partial charge < -0.3 is 4.74 Å². The zero-order valence-electron chi connectivity index (χ0n) is 8.04. The van der Waals surface area contributed by atoms with Crippen LogP contribution in [0.5, 0.6) is 0 Å². The predicted octanol–water partition coefficient (Wildman–Crippen LogP) is 3.03. The highest BCUT2D eigenvalue weighted by molar-refractivity contribution is 9.10. The molecular formula is C10H13BrClNO. The predicted molar refractivity (Wildman–Crippen MR) is 61.8 cm³/mol. The summed E-state index contributed by atoms with van der Waals surface area (Å²) in [6, 6.07) is 3.99. The van der Waals surface area contributed by atoms with E-state index in [1.807, 2.05) is 12.1 Å². The van der Waals surface area contributed by atoms with Crippen molar-refractivity contribution in [3.05, 3.63) is 28.5 Å². The SMILES string of the molecule is COCC(Cl)CCc1ccc(Br)cn1. The van der Waals surface area contributed by atoms with Crippen molar-refractivity contribution in [2.75, 3.05) is 13.7 Å². The van der Waals surface area contributed by atoms with Gasteiger partial charge in [-0.05, 0) is 40.9 Å². The summed E-state index contributed by atoms with van der Waals surface area (Å²) in [6.07, 6.45) is 3.59. The Bertz CT molecular complexity index is 265. The average Bonchev–Trinajstić information content (AvgIpc) is 2.17. The molecule has 0 bridgehead atoms. The van der Waals surface area contributed by atoms with Gasteiger partial charge in [-0.1, -0.05) is 0 Å². The second-order valence-electron chi connectivity index (χ2n) is 3.06. The number of ether oxygens (including phenoxy) is 1. The topological polar surface area (TPSA) is 22.1 Å². The number of hydrogen-bond donors (Lipinski definition) is 0. The van der Waals surface area contributed by atoms with Gasteiger partial charge in [0.05, 0.1) is 12.0 Å². The molecule has 0 N–H and O–H groups in total. The van der Waals surface area contributed by atoms with E-state index in [0.29, 0.717) is 6.61 Å². The van der Waals surface area contributed by atoms with Crippen LogP contribution in [-0.4, -0.2) is 24.1 Å². The van der Waals surface area contributed by atoms with E-state index in [4.69, 9.17) is 16.3 Å². The molecule has 0 aliphatic rings. The zero-order chi connectivity index (χ0) is 10.4. The molecule has 14 heavy (non-hydrogen) atoms. The highest BCUT2D eigenvalue weighted by Gasteiger charge is 2.04. The number of methoxy groups -OCH3 is 1. The molecule has 0 saturated heterocycles. The molecule has 2 nitrogen and oxygen atoms in total. The Morgan fingerprint density at radius 1 is 1.57 bits per heavy atom. The lowest BCUT2D eigenvalue weighted by Gasteiger charge is -2.07. The first-order valence-electron chi connectivity index (χ1n) is 4.46. The minimum atomic E-state index is 0.0745. The van der Waals surface area contributed by atoms with Gasteiger partial charge in [-0.25, -0.2) is 0 Å². The van der Waals surface area contributed by atoms with Gasteiger partial charge in [0, 0.05) is 23.5 Å². The van der Waals surface area contributed by atoms with Crippen molar-refractivity contribution in [3.63, 3.8) is 0 Å². The van der Waals surface area contributed by atoms with E-state index in [9.17, 15) is 0 Å². The molecule has 1 aromatic heterocycles. The average molecular weight is 279 g/mol. The van der Waals surface area contributed by atoms with Crippen LogP contribution >= 0.6 is 27.5 Å². The molecule has 0 saturated carbocycles. The highest BCUT2D eigenvalue weighted by Crippen LogP contribution is 2.11. The summed E-state index contributed by atoms with van der Waals surface area (Å²) in [5, 5.41) is 0.0745. The second-order valence-corrected chi connectivity index (χ2v) is 4.59. The van der Waals surface area contributed by atoms with Crippen molar-refractivity contribution in [2.45, 2.75) is 18.2 Å². The first kappa shape index (κ1) is 12.0. The molecule has 0 aliphatic carbocycles. The Labute approximate surface area is 97.8 Å². The summed E-state index contributed by atoms with van der Waals surface area (Å²) in [5.74, 6) is 0. The monoisotopic (exact) mass is 277 g/mol. The van der Waals surface area contributed by atoms with E-state index in [1.54, 1.807) is 13.3 Å². The summed E-state index contributed by atoms with van der Waals surface area (Å²) >= 11 is 9.34. The minimum Gasteiger partial charge on any atom is -0.383 e. The van der Waals surface area contributed by atoms with E-state index >= 15 is 0 Å². The van der Waals surface area contributed by atoms with Crippen LogP contribution in [-0.2, 0) is 11.2 Å². The molecule has 0 amide bonds. The van der Waals surface area contributed by atoms with Crippen LogP contribution in [0.4, 0.5) is 0 Å². The Morgan fingerprint density at radius 3 is 2.93 bits per heavy atom. The minimum absolute atomic E-state index is 0.0745. The first-order valence-corrected chi connectivity index (χ1v) is 5.68. The highest BCUT2D eigenvalue weighted by atomic mass is 79.9. The molecule has 0 aromatic carbocycles. The lowest BCUT2D eigenvalue weighted by atomic mass is 10.2. The van der Waals surface area contributed by atoms with E-state index < -0.39 is 0 Å². The summed E-state index contributed by atoms with van der Waals surface area (Å²) < 4.78 is 5.95. The Kier molecular flexibility index (Phi) is 5.45. The molecule has 0 spiro atoms. The first-order chi connectivity index (χ1) is 6.72. The maximum atomic E-state index is 6.00. The Morgan fingerprint density at radius 2 is 2.36 bits per heavy atom. The molecule has 78 valence electrons. The fraction of sp³-hybridized carbons (Fsp3) is 0.500. The number of nitrogens with zero attached hydrogens (tertiary/aromatic N) is 1. The largest absolute Gasteiger partial charge is 0.383 e. The number of alkyl halides is 1. The normalized spacial score (nSPS) is 12.8. The van der Waals surface area contributed by atoms with Crippen LogP contribution in [0.2, 0.25) is 0 Å². The fourth-order valence-corrected chi connectivity index (χ4v) is 1.59. The van der Waals surface area contributed by atoms with Crippen LogP contribution in [0.25, 0.3) is 0 Å². The number of aryl methyl sites for hydroxylation is 1. The van der Waals surface area contributed by atoms with E-state index in [0.717, 1.165) is 23.0 Å². The van der Waals surface area contributed by atoms with Gasteiger partial charge in [0.25, 0.3) is 0 Å². The maximum absolute atomic E-state index is 6.00. The van der Waals surface area contributed by atoms with Gasteiger partial charge in [-0.2, -0.15) is 0 Å². The number of halogens is 2. The molecule has 1 atom stereocenters. The van der Waals surface area contributed by atoms with Crippen LogP contribution in [0.1, 0.15) is 12.1 Å². The van der Waals surface area contributed by atoms with Crippen molar-refractivity contribution in [1.82, 2.24) is 4.98 Å². The van der Waals surface area contributed by atoms with Crippen LogP contribution in [0.3, 0.4) is 0 Å². The number of rotatable bonds is 5. The molecule has 1 aromatic rings. The summed E-state index contributed by atoms with van der Waals surface area (Å²) in [4.78, 5) is 4.26. The van der Waals surface area contributed by atoms with Gasteiger partial charge >= 0.3 is 0 Å². The van der Waals surface area contributed by atoms with Gasteiger partial charge in [0.2, 0.25) is 0 Å². The molecular weight excluding hydrogens is 265 g/mol. The van der Waals surface area contributed by atoms with Crippen LogP contribution < -0.4 is 0 Å². The van der Waals surface area contributed by atoms with E-state index in [-0.39, 0.29) is 5.38 Å². The van der Waals surface area contributed by atoms with Gasteiger partial charge in [0.1, 0.15) is 0 Å².